The zero-order valence-corrected chi connectivity index (χ0v) is 5.61. The summed E-state index contributed by atoms with van der Waals surface area (Å²) >= 11 is 0. The van der Waals surface area contributed by atoms with Crippen molar-refractivity contribution in [1.82, 2.24) is 0 Å². The molecule has 3 nitrogen and oxygen atoms in total. The number of aldehydes is 1. The number of carbonyl (C=O) groups is 2. The molecule has 0 aliphatic carbocycles. The molecular formula is C7H8O3. The Balaban J connectivity index is 2.29. The highest BCUT2D eigenvalue weighted by molar-refractivity contribution is 5.87. The van der Waals surface area contributed by atoms with Crippen LogP contribution in [0.3, 0.4) is 0 Å². The summed E-state index contributed by atoms with van der Waals surface area (Å²) in [6.07, 6.45) is 3.28. The monoisotopic (exact) mass is 140 g/mol. The van der Waals surface area contributed by atoms with Gasteiger partial charge in [0.05, 0.1) is 0 Å². The number of ketones is 1. The number of epoxide rings is 1. The molecule has 1 saturated heterocycles. The van der Waals surface area contributed by atoms with Crippen molar-refractivity contribution < 1.29 is 14.3 Å². The third kappa shape index (κ3) is 1.77. The first-order valence-corrected chi connectivity index (χ1v) is 3.03. The van der Waals surface area contributed by atoms with Crippen LogP contribution in [0.2, 0.25) is 0 Å². The molecule has 0 aromatic rings. The fourth-order valence-corrected chi connectivity index (χ4v) is 0.631. The van der Waals surface area contributed by atoms with E-state index in [0.29, 0.717) is 0 Å². The van der Waals surface area contributed by atoms with Gasteiger partial charge >= 0.3 is 0 Å². The van der Waals surface area contributed by atoms with Crippen LogP contribution in [0, 0.1) is 0 Å². The van der Waals surface area contributed by atoms with Crippen LogP contribution in [-0.4, -0.2) is 24.3 Å². The van der Waals surface area contributed by atoms with Crippen LogP contribution in [0.5, 0.6) is 0 Å². The first-order chi connectivity index (χ1) is 4.74. The lowest BCUT2D eigenvalue weighted by molar-refractivity contribution is -0.112. The molecule has 0 aromatic carbocycles. The lowest BCUT2D eigenvalue weighted by atomic mass is 10.3. The van der Waals surface area contributed by atoms with E-state index in [2.05, 4.69) is 0 Å². The maximum atomic E-state index is 10.3. The van der Waals surface area contributed by atoms with Crippen molar-refractivity contribution in [2.24, 2.45) is 0 Å². The lowest BCUT2D eigenvalue weighted by Crippen LogP contribution is -1.91. The third-order valence-electron chi connectivity index (χ3n) is 1.22. The van der Waals surface area contributed by atoms with Crippen molar-refractivity contribution in [3.05, 3.63) is 12.2 Å². The highest BCUT2D eigenvalue weighted by Crippen LogP contribution is 2.20. The van der Waals surface area contributed by atoms with E-state index in [1.807, 2.05) is 0 Å². The maximum Gasteiger partial charge on any atom is 0.152 e. The predicted octanol–water partition coefficient (Wildman–Crippen LogP) is 0.0979. The smallest absolute Gasteiger partial charge is 0.152 e. The normalized spacial score (nSPS) is 30.5. The van der Waals surface area contributed by atoms with Gasteiger partial charge in [0.2, 0.25) is 0 Å². The van der Waals surface area contributed by atoms with E-state index in [1.165, 1.54) is 13.0 Å². The number of rotatable bonds is 3. The highest BCUT2D eigenvalue weighted by Gasteiger charge is 2.35. The fraction of sp³-hybridized carbons (Fsp3) is 0.429. The molecule has 1 rings (SSSR count). The number of ether oxygens (including phenoxy) is 1. The molecule has 1 aliphatic heterocycles. The summed E-state index contributed by atoms with van der Waals surface area (Å²) in [7, 11) is 0. The van der Waals surface area contributed by atoms with Gasteiger partial charge in [-0.3, -0.25) is 4.79 Å². The van der Waals surface area contributed by atoms with Crippen LogP contribution in [0.4, 0.5) is 0 Å². The van der Waals surface area contributed by atoms with Crippen LogP contribution in [0.25, 0.3) is 0 Å². The van der Waals surface area contributed by atoms with E-state index in [9.17, 15) is 9.59 Å². The molecule has 0 spiro atoms. The van der Waals surface area contributed by atoms with Crippen molar-refractivity contribution in [1.29, 1.82) is 0 Å². The minimum Gasteiger partial charge on any atom is -0.357 e. The Labute approximate surface area is 58.7 Å². The Hall–Kier alpha value is -0.960. The first kappa shape index (κ1) is 7.15. The van der Waals surface area contributed by atoms with Gasteiger partial charge in [0.25, 0.3) is 0 Å². The molecule has 1 fully saturated rings. The molecule has 2 unspecified atom stereocenters. The van der Waals surface area contributed by atoms with E-state index < -0.39 is 0 Å². The molecule has 0 N–H and O–H groups in total. The van der Waals surface area contributed by atoms with Gasteiger partial charge in [-0.25, -0.2) is 0 Å². The van der Waals surface area contributed by atoms with Gasteiger partial charge in [-0.1, -0.05) is 0 Å². The van der Waals surface area contributed by atoms with Crippen molar-refractivity contribution in [3.63, 3.8) is 0 Å². The molecule has 0 amide bonds. The highest BCUT2D eigenvalue weighted by atomic mass is 16.6. The summed E-state index contributed by atoms with van der Waals surface area (Å²) < 4.78 is 4.81. The molecule has 54 valence electrons. The van der Waals surface area contributed by atoms with Crippen LogP contribution in [0.1, 0.15) is 6.92 Å². The Morgan fingerprint density at radius 3 is 2.60 bits per heavy atom. The van der Waals surface area contributed by atoms with Gasteiger partial charge in [-0.2, -0.15) is 0 Å². The summed E-state index contributed by atoms with van der Waals surface area (Å²) in [5.74, 6) is -0.0276. The van der Waals surface area contributed by atoms with Crippen LogP contribution in [-0.2, 0) is 14.3 Å². The molecular weight excluding hydrogens is 132 g/mol. The Kier molecular flexibility index (Phi) is 1.97. The minimum atomic E-state index is -0.310. The summed E-state index contributed by atoms with van der Waals surface area (Å²) in [5, 5.41) is 0. The topological polar surface area (TPSA) is 46.7 Å². The number of hydrogen-bond acceptors (Lipinski definition) is 3. The van der Waals surface area contributed by atoms with E-state index in [-0.39, 0.29) is 18.0 Å². The average Bonchev–Trinajstić information content (AvgIpc) is 2.61. The number of hydrogen-bond donors (Lipinski definition) is 0. The molecule has 0 bridgehead atoms. The second-order valence-electron chi connectivity index (χ2n) is 2.17. The fourth-order valence-electron chi connectivity index (χ4n) is 0.631. The molecule has 1 heterocycles. The third-order valence-corrected chi connectivity index (χ3v) is 1.22. The Morgan fingerprint density at radius 2 is 2.20 bits per heavy atom. The van der Waals surface area contributed by atoms with E-state index >= 15 is 0 Å². The van der Waals surface area contributed by atoms with Gasteiger partial charge in [0.15, 0.2) is 12.1 Å². The zero-order valence-electron chi connectivity index (χ0n) is 5.61. The van der Waals surface area contributed by atoms with Crippen molar-refractivity contribution >= 4 is 12.1 Å². The second-order valence-corrected chi connectivity index (χ2v) is 2.17. The van der Waals surface area contributed by atoms with Crippen LogP contribution in [0.15, 0.2) is 12.2 Å². The molecule has 10 heavy (non-hydrogen) atoms. The quantitative estimate of drug-likeness (QED) is 0.317. The SMILES string of the molecule is CC(=O)C=CC1OC1C=O. The van der Waals surface area contributed by atoms with E-state index in [4.69, 9.17) is 4.74 Å². The molecule has 2 atom stereocenters. The number of carbonyl (C=O) groups excluding carboxylic acids is 2. The average molecular weight is 140 g/mol. The zero-order chi connectivity index (χ0) is 7.56. The van der Waals surface area contributed by atoms with Crippen molar-refractivity contribution in [2.75, 3.05) is 0 Å². The van der Waals surface area contributed by atoms with E-state index in [1.54, 1.807) is 6.08 Å². The lowest BCUT2D eigenvalue weighted by Gasteiger charge is -1.75. The Bertz CT molecular complexity index is 183. The predicted molar refractivity (Wildman–Crippen MR) is 34.5 cm³/mol. The summed E-state index contributed by atoms with van der Waals surface area (Å²) in [6, 6.07) is 0. The molecule has 3 heteroatoms. The molecule has 1 aliphatic rings. The van der Waals surface area contributed by atoms with Crippen molar-refractivity contribution in [3.8, 4) is 0 Å². The van der Waals surface area contributed by atoms with Gasteiger partial charge in [0, 0.05) is 0 Å². The van der Waals surface area contributed by atoms with Gasteiger partial charge in [0.1, 0.15) is 12.2 Å². The van der Waals surface area contributed by atoms with Crippen molar-refractivity contribution in [2.45, 2.75) is 19.1 Å². The first-order valence-electron chi connectivity index (χ1n) is 3.03. The minimum absolute atomic E-state index is 0.0276. The van der Waals surface area contributed by atoms with Crippen LogP contribution >= 0.6 is 0 Å². The van der Waals surface area contributed by atoms with E-state index in [0.717, 1.165) is 6.29 Å². The largest absolute Gasteiger partial charge is 0.357 e. The van der Waals surface area contributed by atoms with Crippen LogP contribution < -0.4 is 0 Å². The molecule has 0 radical (unpaired) electrons. The maximum absolute atomic E-state index is 10.3. The standard InChI is InChI=1S/C7H8O3/c1-5(9)2-3-6-7(4-8)10-6/h2-4,6-7H,1H3. The molecule has 0 saturated carbocycles. The van der Waals surface area contributed by atoms with Gasteiger partial charge < -0.3 is 9.53 Å². The number of allylic oxidation sites excluding steroid dienone is 1. The summed E-state index contributed by atoms with van der Waals surface area (Å²) in [6.45, 7) is 1.45. The van der Waals surface area contributed by atoms with Gasteiger partial charge in [-0.15, -0.1) is 0 Å². The summed E-state index contributed by atoms with van der Waals surface area (Å²) in [5.41, 5.74) is 0. The Morgan fingerprint density at radius 1 is 1.50 bits per heavy atom. The second kappa shape index (κ2) is 2.75. The summed E-state index contributed by atoms with van der Waals surface area (Å²) in [4.78, 5) is 20.3. The molecule has 0 aromatic heterocycles. The van der Waals surface area contributed by atoms with Gasteiger partial charge in [-0.05, 0) is 19.1 Å².